The zero-order chi connectivity index (χ0) is 25.3. The summed E-state index contributed by atoms with van der Waals surface area (Å²) >= 11 is 0. The first-order chi connectivity index (χ1) is 16.1. The Morgan fingerprint density at radius 2 is 1.79 bits per heavy atom. The number of phenolic OH excluding ortho intramolecular Hbond substituents is 1. The van der Waals surface area contributed by atoms with E-state index in [4.69, 9.17) is 4.74 Å². The van der Waals surface area contributed by atoms with Crippen LogP contribution in [0.3, 0.4) is 0 Å². The molecule has 0 radical (unpaired) electrons. The molecule has 1 saturated carbocycles. The zero-order valence-electron chi connectivity index (χ0n) is 19.9. The summed E-state index contributed by atoms with van der Waals surface area (Å²) in [6.07, 6.45) is 3.80. The van der Waals surface area contributed by atoms with E-state index in [1.54, 1.807) is 20.8 Å². The van der Waals surface area contributed by atoms with Crippen molar-refractivity contribution >= 4 is 17.9 Å². The van der Waals surface area contributed by atoms with Gasteiger partial charge < -0.3 is 30.5 Å². The predicted molar refractivity (Wildman–Crippen MR) is 123 cm³/mol. The molecular formula is C24H34N4O6. The smallest absolute Gasteiger partial charge is 0.408 e. The monoisotopic (exact) mass is 474 g/mol. The minimum absolute atomic E-state index is 0.0202. The van der Waals surface area contributed by atoms with Crippen molar-refractivity contribution in [2.45, 2.75) is 76.6 Å². The van der Waals surface area contributed by atoms with E-state index in [1.807, 2.05) is 6.07 Å². The average Bonchev–Trinajstić information content (AvgIpc) is 2.77. The van der Waals surface area contributed by atoms with Gasteiger partial charge >= 0.3 is 6.09 Å². The number of carbonyl (C=O) groups is 3. The van der Waals surface area contributed by atoms with Crippen molar-refractivity contribution < 1.29 is 29.3 Å². The highest BCUT2D eigenvalue weighted by molar-refractivity contribution is 5.92. The molecule has 0 saturated heterocycles. The van der Waals surface area contributed by atoms with E-state index in [1.165, 1.54) is 24.3 Å². The van der Waals surface area contributed by atoms with Crippen molar-refractivity contribution in [3.05, 3.63) is 29.8 Å². The van der Waals surface area contributed by atoms with Crippen LogP contribution in [0.25, 0.3) is 0 Å². The van der Waals surface area contributed by atoms with Crippen LogP contribution in [-0.2, 0) is 14.3 Å². The molecule has 0 spiro atoms. The highest BCUT2D eigenvalue weighted by atomic mass is 16.6. The molecule has 2 atom stereocenters. The summed E-state index contributed by atoms with van der Waals surface area (Å²) in [7, 11) is 0. The Morgan fingerprint density at radius 1 is 1.18 bits per heavy atom. The lowest BCUT2D eigenvalue weighted by Gasteiger charge is -2.34. The fraction of sp³-hybridized carbons (Fsp3) is 0.583. The van der Waals surface area contributed by atoms with Crippen LogP contribution < -0.4 is 10.6 Å². The predicted octanol–water partition coefficient (Wildman–Crippen LogP) is 2.12. The Kier molecular flexibility index (Phi) is 9.69. The van der Waals surface area contributed by atoms with Gasteiger partial charge in [-0.2, -0.15) is 5.26 Å². The third-order valence-electron chi connectivity index (χ3n) is 5.42. The number of nitrogens with zero attached hydrogens (tertiary/aromatic N) is 2. The topological polar surface area (TPSA) is 152 Å². The molecular weight excluding hydrogens is 440 g/mol. The fourth-order valence-electron chi connectivity index (χ4n) is 3.86. The Morgan fingerprint density at radius 3 is 2.32 bits per heavy atom. The van der Waals surface area contributed by atoms with Gasteiger partial charge in [0.1, 0.15) is 30.0 Å². The number of aliphatic hydroxyl groups excluding tert-OH is 1. The molecule has 2 rings (SSSR count). The van der Waals surface area contributed by atoms with Gasteiger partial charge in [0, 0.05) is 6.04 Å². The van der Waals surface area contributed by atoms with Gasteiger partial charge in [-0.25, -0.2) is 4.79 Å². The molecule has 10 heteroatoms. The van der Waals surface area contributed by atoms with Crippen LogP contribution in [0.4, 0.5) is 4.79 Å². The number of benzene rings is 1. The van der Waals surface area contributed by atoms with Gasteiger partial charge in [0.2, 0.25) is 11.8 Å². The van der Waals surface area contributed by atoms with Crippen LogP contribution in [0.5, 0.6) is 5.75 Å². The number of hydrogen-bond donors (Lipinski definition) is 4. The molecule has 1 aliphatic rings. The highest BCUT2D eigenvalue weighted by Crippen LogP contribution is 2.26. The molecule has 34 heavy (non-hydrogen) atoms. The fourth-order valence-corrected chi connectivity index (χ4v) is 3.86. The Balaban J connectivity index is 2.34. The number of alkyl carbamates (subject to hydrolysis) is 1. The van der Waals surface area contributed by atoms with Gasteiger partial charge in [-0.3, -0.25) is 9.59 Å². The van der Waals surface area contributed by atoms with Crippen LogP contribution in [0.15, 0.2) is 24.3 Å². The first kappa shape index (κ1) is 26.9. The summed E-state index contributed by atoms with van der Waals surface area (Å²) in [5, 5.41) is 34.2. The number of hydrogen-bond acceptors (Lipinski definition) is 7. The second-order valence-corrected chi connectivity index (χ2v) is 9.34. The summed E-state index contributed by atoms with van der Waals surface area (Å²) in [6, 6.07) is 4.96. The number of carbonyl (C=O) groups excluding carboxylic acids is 3. The van der Waals surface area contributed by atoms with Crippen molar-refractivity contribution in [3.8, 4) is 11.8 Å². The van der Waals surface area contributed by atoms with E-state index in [-0.39, 0.29) is 11.8 Å². The lowest BCUT2D eigenvalue weighted by atomic mass is 9.94. The van der Waals surface area contributed by atoms with Crippen molar-refractivity contribution in [2.24, 2.45) is 0 Å². The van der Waals surface area contributed by atoms with E-state index in [2.05, 4.69) is 10.6 Å². The van der Waals surface area contributed by atoms with Crippen LogP contribution in [0, 0.1) is 11.3 Å². The maximum absolute atomic E-state index is 13.4. The Bertz CT molecular complexity index is 884. The van der Waals surface area contributed by atoms with Crippen molar-refractivity contribution in [1.29, 1.82) is 5.26 Å². The molecule has 1 aromatic carbocycles. The molecule has 0 heterocycles. The second kappa shape index (κ2) is 12.2. The normalized spacial score (nSPS) is 16.0. The zero-order valence-corrected chi connectivity index (χ0v) is 19.9. The van der Waals surface area contributed by atoms with Crippen molar-refractivity contribution in [1.82, 2.24) is 15.5 Å². The molecule has 2 unspecified atom stereocenters. The number of nitriles is 1. The van der Waals surface area contributed by atoms with Crippen LogP contribution >= 0.6 is 0 Å². The van der Waals surface area contributed by atoms with Gasteiger partial charge in [-0.1, -0.05) is 31.4 Å². The van der Waals surface area contributed by atoms with E-state index in [0.717, 1.165) is 37.0 Å². The van der Waals surface area contributed by atoms with Gasteiger partial charge in [0.15, 0.2) is 0 Å². The molecule has 1 fully saturated rings. The first-order valence-corrected chi connectivity index (χ1v) is 11.4. The first-order valence-electron chi connectivity index (χ1n) is 11.4. The quantitative estimate of drug-likeness (QED) is 0.421. The molecule has 3 amide bonds. The van der Waals surface area contributed by atoms with Gasteiger partial charge in [0.25, 0.3) is 0 Å². The number of nitrogens with one attached hydrogen (secondary N) is 2. The molecule has 4 N–H and O–H groups in total. The number of aromatic hydroxyl groups is 1. The summed E-state index contributed by atoms with van der Waals surface area (Å²) in [6.45, 7) is 3.74. The standard InChI is InChI=1S/C24H34N4O6/c1-24(2,3)34-23(33)27-19(15-29)22(32)28(14-13-25)20(16-9-11-18(30)12-10-16)21(31)26-17-7-5-4-6-8-17/h9-12,17,19-20,29-30H,4-8,14-15H2,1-3H3,(H,26,31)(H,27,33). The maximum Gasteiger partial charge on any atom is 0.408 e. The number of amides is 3. The summed E-state index contributed by atoms with van der Waals surface area (Å²) in [5.41, 5.74) is -0.447. The maximum atomic E-state index is 13.4. The lowest BCUT2D eigenvalue weighted by molar-refractivity contribution is -0.142. The van der Waals surface area contributed by atoms with Crippen LogP contribution in [0.2, 0.25) is 0 Å². The lowest BCUT2D eigenvalue weighted by Crippen LogP contribution is -2.55. The van der Waals surface area contributed by atoms with Crippen molar-refractivity contribution in [2.75, 3.05) is 13.2 Å². The van der Waals surface area contributed by atoms with Gasteiger partial charge in [-0.15, -0.1) is 0 Å². The van der Waals surface area contributed by atoms with E-state index in [0.29, 0.717) is 5.56 Å². The third-order valence-corrected chi connectivity index (χ3v) is 5.42. The van der Waals surface area contributed by atoms with Gasteiger partial charge in [0.05, 0.1) is 12.7 Å². The molecule has 1 aromatic rings. The Labute approximate surface area is 199 Å². The van der Waals surface area contributed by atoms with Crippen LogP contribution in [-0.4, -0.2) is 63.9 Å². The largest absolute Gasteiger partial charge is 0.508 e. The molecule has 0 aromatic heterocycles. The van der Waals surface area contributed by atoms with Crippen molar-refractivity contribution in [3.63, 3.8) is 0 Å². The molecule has 0 aliphatic heterocycles. The van der Waals surface area contributed by atoms with Gasteiger partial charge in [-0.05, 0) is 51.3 Å². The minimum atomic E-state index is -1.43. The summed E-state index contributed by atoms with van der Waals surface area (Å²) < 4.78 is 5.16. The van der Waals surface area contributed by atoms with Crippen LogP contribution in [0.1, 0.15) is 64.5 Å². The molecule has 0 bridgehead atoms. The second-order valence-electron chi connectivity index (χ2n) is 9.34. The number of ether oxygens (including phenoxy) is 1. The van der Waals surface area contributed by atoms with E-state index < -0.39 is 48.7 Å². The van der Waals surface area contributed by atoms with E-state index in [9.17, 15) is 29.9 Å². The minimum Gasteiger partial charge on any atom is -0.508 e. The van der Waals surface area contributed by atoms with E-state index >= 15 is 0 Å². The summed E-state index contributed by atoms with van der Waals surface area (Å²) in [5.74, 6) is -1.31. The highest BCUT2D eigenvalue weighted by Gasteiger charge is 2.36. The number of rotatable bonds is 8. The average molecular weight is 475 g/mol. The molecule has 186 valence electrons. The number of phenols is 1. The SMILES string of the molecule is CC(C)(C)OC(=O)NC(CO)C(=O)N(CC#N)C(C(=O)NC1CCCCC1)c1ccc(O)cc1. The third kappa shape index (κ3) is 7.92. The number of aliphatic hydroxyl groups is 1. The summed E-state index contributed by atoms with van der Waals surface area (Å²) in [4.78, 5) is 40.0. The molecule has 1 aliphatic carbocycles. The molecule has 10 nitrogen and oxygen atoms in total. The Hall–Kier alpha value is -3.32.